The SMILES string of the molecule is CCCC(C)NC(=O)C(C)n1cc(C=O)nn1. The van der Waals surface area contributed by atoms with Crippen LogP contribution in [-0.4, -0.2) is 33.2 Å². The minimum absolute atomic E-state index is 0.117. The van der Waals surface area contributed by atoms with Gasteiger partial charge < -0.3 is 5.32 Å². The summed E-state index contributed by atoms with van der Waals surface area (Å²) in [5.74, 6) is -0.117. The molecule has 1 N–H and O–H groups in total. The normalized spacial score (nSPS) is 14.1. The van der Waals surface area contributed by atoms with E-state index in [2.05, 4.69) is 22.6 Å². The Morgan fingerprint density at radius 2 is 2.29 bits per heavy atom. The Morgan fingerprint density at radius 3 is 2.82 bits per heavy atom. The fourth-order valence-corrected chi connectivity index (χ4v) is 1.52. The number of carbonyl (C=O) groups is 2. The van der Waals surface area contributed by atoms with Crippen molar-refractivity contribution >= 4 is 12.2 Å². The molecule has 1 heterocycles. The third-order valence-electron chi connectivity index (χ3n) is 2.54. The molecular formula is C11H18N4O2. The Morgan fingerprint density at radius 1 is 1.59 bits per heavy atom. The van der Waals surface area contributed by atoms with Gasteiger partial charge in [-0.3, -0.25) is 9.59 Å². The van der Waals surface area contributed by atoms with Crippen molar-refractivity contribution in [2.45, 2.75) is 45.7 Å². The van der Waals surface area contributed by atoms with E-state index in [4.69, 9.17) is 0 Å². The summed E-state index contributed by atoms with van der Waals surface area (Å²) < 4.78 is 1.39. The molecule has 0 saturated heterocycles. The van der Waals surface area contributed by atoms with E-state index in [9.17, 15) is 9.59 Å². The molecular weight excluding hydrogens is 220 g/mol. The van der Waals surface area contributed by atoms with Gasteiger partial charge in [-0.05, 0) is 20.3 Å². The van der Waals surface area contributed by atoms with Crippen LogP contribution < -0.4 is 5.32 Å². The molecule has 0 saturated carbocycles. The van der Waals surface area contributed by atoms with Crippen molar-refractivity contribution in [1.82, 2.24) is 20.3 Å². The number of nitrogens with one attached hydrogen (secondary N) is 1. The molecule has 1 rings (SSSR count). The zero-order valence-corrected chi connectivity index (χ0v) is 10.4. The highest BCUT2D eigenvalue weighted by molar-refractivity contribution is 5.80. The second-order valence-electron chi connectivity index (χ2n) is 4.12. The largest absolute Gasteiger partial charge is 0.352 e. The quantitative estimate of drug-likeness (QED) is 0.749. The van der Waals surface area contributed by atoms with Crippen LogP contribution in [0.2, 0.25) is 0 Å². The highest BCUT2D eigenvalue weighted by atomic mass is 16.2. The summed E-state index contributed by atoms with van der Waals surface area (Å²) in [4.78, 5) is 22.3. The van der Waals surface area contributed by atoms with Crippen LogP contribution in [0.15, 0.2) is 6.20 Å². The molecule has 0 fully saturated rings. The predicted molar refractivity (Wildman–Crippen MR) is 62.6 cm³/mol. The van der Waals surface area contributed by atoms with Crippen molar-refractivity contribution in [3.05, 3.63) is 11.9 Å². The van der Waals surface area contributed by atoms with Crippen molar-refractivity contribution in [2.75, 3.05) is 0 Å². The first kappa shape index (κ1) is 13.3. The topological polar surface area (TPSA) is 76.9 Å². The minimum Gasteiger partial charge on any atom is -0.352 e. The molecule has 6 nitrogen and oxygen atoms in total. The van der Waals surface area contributed by atoms with Crippen molar-refractivity contribution in [1.29, 1.82) is 0 Å². The molecule has 0 aliphatic heterocycles. The van der Waals surface area contributed by atoms with Gasteiger partial charge in [0.1, 0.15) is 11.7 Å². The average molecular weight is 238 g/mol. The summed E-state index contributed by atoms with van der Waals surface area (Å²) in [6.45, 7) is 5.75. The van der Waals surface area contributed by atoms with E-state index in [1.807, 2.05) is 6.92 Å². The molecule has 94 valence electrons. The molecule has 2 unspecified atom stereocenters. The molecule has 0 aromatic carbocycles. The summed E-state index contributed by atoms with van der Waals surface area (Å²) in [5.41, 5.74) is 0.228. The number of amides is 1. The van der Waals surface area contributed by atoms with Gasteiger partial charge in [0.15, 0.2) is 6.29 Å². The van der Waals surface area contributed by atoms with Gasteiger partial charge in [0.25, 0.3) is 0 Å². The summed E-state index contributed by atoms with van der Waals surface area (Å²) in [6, 6.07) is -0.320. The Kier molecular flexibility index (Phi) is 4.81. The number of aldehydes is 1. The molecule has 6 heteroatoms. The van der Waals surface area contributed by atoms with E-state index in [1.54, 1.807) is 6.92 Å². The van der Waals surface area contributed by atoms with Crippen molar-refractivity contribution in [3.8, 4) is 0 Å². The zero-order valence-electron chi connectivity index (χ0n) is 10.4. The van der Waals surface area contributed by atoms with E-state index >= 15 is 0 Å². The van der Waals surface area contributed by atoms with E-state index in [1.165, 1.54) is 10.9 Å². The first-order chi connectivity index (χ1) is 8.08. The second kappa shape index (κ2) is 6.12. The Hall–Kier alpha value is -1.72. The van der Waals surface area contributed by atoms with Gasteiger partial charge in [-0.1, -0.05) is 18.6 Å². The maximum absolute atomic E-state index is 11.8. The van der Waals surface area contributed by atoms with Gasteiger partial charge in [-0.2, -0.15) is 0 Å². The number of aromatic nitrogens is 3. The zero-order chi connectivity index (χ0) is 12.8. The van der Waals surface area contributed by atoms with E-state index in [0.29, 0.717) is 6.29 Å². The van der Waals surface area contributed by atoms with Crippen LogP contribution in [0.4, 0.5) is 0 Å². The number of hydrogen-bond acceptors (Lipinski definition) is 4. The van der Waals surface area contributed by atoms with E-state index < -0.39 is 6.04 Å². The monoisotopic (exact) mass is 238 g/mol. The third-order valence-corrected chi connectivity index (χ3v) is 2.54. The van der Waals surface area contributed by atoms with Crippen LogP contribution in [0.5, 0.6) is 0 Å². The second-order valence-corrected chi connectivity index (χ2v) is 4.12. The number of hydrogen-bond donors (Lipinski definition) is 1. The molecule has 2 atom stereocenters. The molecule has 0 bridgehead atoms. The average Bonchev–Trinajstić information content (AvgIpc) is 2.76. The van der Waals surface area contributed by atoms with Crippen LogP contribution >= 0.6 is 0 Å². The molecule has 1 aromatic rings. The Labute approximate surface area is 100 Å². The van der Waals surface area contributed by atoms with Gasteiger partial charge >= 0.3 is 0 Å². The Bertz CT molecular complexity index is 389. The number of nitrogens with zero attached hydrogens (tertiary/aromatic N) is 3. The fourth-order valence-electron chi connectivity index (χ4n) is 1.52. The van der Waals surface area contributed by atoms with Gasteiger partial charge in [0.05, 0.1) is 6.20 Å². The molecule has 1 aromatic heterocycles. The van der Waals surface area contributed by atoms with E-state index in [-0.39, 0.29) is 17.6 Å². The third kappa shape index (κ3) is 3.65. The summed E-state index contributed by atoms with van der Waals surface area (Å²) in [5, 5.41) is 10.2. The fraction of sp³-hybridized carbons (Fsp3) is 0.636. The van der Waals surface area contributed by atoms with Crippen LogP contribution in [0, 0.1) is 0 Å². The van der Waals surface area contributed by atoms with Gasteiger partial charge in [-0.25, -0.2) is 4.68 Å². The van der Waals surface area contributed by atoms with Crippen molar-refractivity contribution in [2.24, 2.45) is 0 Å². The molecule has 0 spiro atoms. The van der Waals surface area contributed by atoms with Crippen LogP contribution in [-0.2, 0) is 4.79 Å². The van der Waals surface area contributed by atoms with Crippen LogP contribution in [0.25, 0.3) is 0 Å². The van der Waals surface area contributed by atoms with Gasteiger partial charge in [-0.15, -0.1) is 5.10 Å². The van der Waals surface area contributed by atoms with Crippen molar-refractivity contribution in [3.63, 3.8) is 0 Å². The first-order valence-electron chi connectivity index (χ1n) is 5.75. The highest BCUT2D eigenvalue weighted by Crippen LogP contribution is 2.05. The van der Waals surface area contributed by atoms with Crippen molar-refractivity contribution < 1.29 is 9.59 Å². The van der Waals surface area contributed by atoms with Gasteiger partial charge in [0, 0.05) is 6.04 Å². The molecule has 1 amide bonds. The smallest absolute Gasteiger partial charge is 0.244 e. The van der Waals surface area contributed by atoms with Crippen LogP contribution in [0.3, 0.4) is 0 Å². The molecule has 0 aliphatic carbocycles. The molecule has 0 radical (unpaired) electrons. The minimum atomic E-state index is -0.462. The highest BCUT2D eigenvalue weighted by Gasteiger charge is 2.17. The maximum Gasteiger partial charge on any atom is 0.244 e. The summed E-state index contributed by atoms with van der Waals surface area (Å²) >= 11 is 0. The molecule has 0 aliphatic rings. The lowest BCUT2D eigenvalue weighted by atomic mass is 10.2. The summed E-state index contributed by atoms with van der Waals surface area (Å²) in [7, 11) is 0. The standard InChI is InChI=1S/C11H18N4O2/c1-4-5-8(2)12-11(17)9(3)15-6-10(7-16)13-14-15/h6-9H,4-5H2,1-3H3,(H,12,17). The first-order valence-corrected chi connectivity index (χ1v) is 5.75. The molecule has 17 heavy (non-hydrogen) atoms. The summed E-state index contributed by atoms with van der Waals surface area (Å²) in [6.07, 6.45) is 4.03. The number of carbonyl (C=O) groups excluding carboxylic acids is 2. The lowest BCUT2D eigenvalue weighted by Crippen LogP contribution is -2.37. The number of rotatable bonds is 6. The predicted octanol–water partition coefficient (Wildman–Crippen LogP) is 0.956. The van der Waals surface area contributed by atoms with Gasteiger partial charge in [0.2, 0.25) is 5.91 Å². The lowest BCUT2D eigenvalue weighted by Gasteiger charge is -2.16. The Balaban J connectivity index is 2.59. The maximum atomic E-state index is 11.8. The lowest BCUT2D eigenvalue weighted by molar-refractivity contribution is -0.124. The van der Waals surface area contributed by atoms with E-state index in [0.717, 1.165) is 12.8 Å². The van der Waals surface area contributed by atoms with Crippen LogP contribution in [0.1, 0.15) is 50.1 Å².